The van der Waals surface area contributed by atoms with Crippen molar-refractivity contribution >= 4 is 28.6 Å². The number of nitrogens with one attached hydrogen (secondary N) is 1. The average Bonchev–Trinajstić information content (AvgIpc) is 3.33. The minimum absolute atomic E-state index is 0.0221. The molecular formula is C24H27N3O4S. The Bertz CT molecular complexity index is 1130. The van der Waals surface area contributed by atoms with Crippen LogP contribution in [0.3, 0.4) is 0 Å². The van der Waals surface area contributed by atoms with Crippen molar-refractivity contribution in [2.24, 2.45) is 0 Å². The standard InChI is InChI=1S/C24H27N3O4S/c1-30-13-11-25-22(28)18-9-10-20-21(14-18)26-24(32-16-17-6-3-2-4-7-17)27(23(20)29)15-19-8-5-12-31-19/h2-4,6-7,9-10,14,19H,5,8,11-13,15-16H2,1H3,(H,25,28)/t19-/m0/s1. The van der Waals surface area contributed by atoms with Gasteiger partial charge in [0.1, 0.15) is 0 Å². The maximum atomic E-state index is 13.4. The van der Waals surface area contributed by atoms with Crippen LogP contribution >= 0.6 is 11.8 Å². The number of fused-ring (bicyclic) bond motifs is 1. The third kappa shape index (κ3) is 5.38. The minimum atomic E-state index is -0.215. The molecule has 1 saturated heterocycles. The third-order valence-electron chi connectivity index (χ3n) is 5.40. The zero-order chi connectivity index (χ0) is 22.3. The van der Waals surface area contributed by atoms with Crippen molar-refractivity contribution in [3.63, 3.8) is 0 Å². The van der Waals surface area contributed by atoms with E-state index in [1.165, 1.54) is 11.8 Å². The van der Waals surface area contributed by atoms with Crippen LogP contribution in [0.1, 0.15) is 28.8 Å². The molecule has 3 aromatic rings. The van der Waals surface area contributed by atoms with Gasteiger partial charge in [0.15, 0.2) is 5.16 Å². The van der Waals surface area contributed by atoms with E-state index in [1.807, 2.05) is 18.2 Å². The van der Waals surface area contributed by atoms with Crippen LogP contribution in [0.5, 0.6) is 0 Å². The highest BCUT2D eigenvalue weighted by atomic mass is 32.2. The van der Waals surface area contributed by atoms with Crippen molar-refractivity contribution < 1.29 is 14.3 Å². The van der Waals surface area contributed by atoms with Gasteiger partial charge in [-0.15, -0.1) is 0 Å². The highest BCUT2D eigenvalue weighted by molar-refractivity contribution is 7.98. The number of nitrogens with zero attached hydrogens (tertiary/aromatic N) is 2. The Balaban J connectivity index is 1.67. The van der Waals surface area contributed by atoms with Gasteiger partial charge in [0, 0.05) is 31.6 Å². The van der Waals surface area contributed by atoms with Crippen molar-refractivity contribution in [2.75, 3.05) is 26.9 Å². The van der Waals surface area contributed by atoms with Gasteiger partial charge >= 0.3 is 0 Å². The Kier molecular flexibility index (Phi) is 7.57. The molecule has 4 rings (SSSR count). The summed E-state index contributed by atoms with van der Waals surface area (Å²) in [5.74, 6) is 0.481. The number of carbonyl (C=O) groups excluding carboxylic acids is 1. The number of rotatable bonds is 9. The lowest BCUT2D eigenvalue weighted by molar-refractivity contribution is 0.0935. The lowest BCUT2D eigenvalue weighted by Gasteiger charge is -2.17. The predicted molar refractivity (Wildman–Crippen MR) is 125 cm³/mol. The largest absolute Gasteiger partial charge is 0.383 e. The van der Waals surface area contributed by atoms with Crippen LogP contribution in [0, 0.1) is 0 Å². The van der Waals surface area contributed by atoms with Gasteiger partial charge in [0.25, 0.3) is 11.5 Å². The number of ether oxygens (including phenoxy) is 2. The fraction of sp³-hybridized carbons (Fsp3) is 0.375. The first-order chi connectivity index (χ1) is 15.7. The second kappa shape index (κ2) is 10.8. The van der Waals surface area contributed by atoms with Crippen LogP contribution < -0.4 is 10.9 Å². The number of aromatic nitrogens is 2. The van der Waals surface area contributed by atoms with Crippen molar-refractivity contribution in [3.8, 4) is 0 Å². The fourth-order valence-electron chi connectivity index (χ4n) is 3.70. The summed E-state index contributed by atoms with van der Waals surface area (Å²) >= 11 is 1.52. The first-order valence-corrected chi connectivity index (χ1v) is 11.7. The van der Waals surface area contributed by atoms with E-state index < -0.39 is 0 Å². The van der Waals surface area contributed by atoms with Gasteiger partial charge in [-0.3, -0.25) is 14.2 Å². The molecule has 0 spiro atoms. The Morgan fingerprint density at radius 1 is 1.28 bits per heavy atom. The normalized spacial score (nSPS) is 15.8. The quantitative estimate of drug-likeness (QED) is 0.304. The molecule has 7 nitrogen and oxygen atoms in total. The zero-order valence-corrected chi connectivity index (χ0v) is 18.9. The van der Waals surface area contributed by atoms with E-state index in [2.05, 4.69) is 17.4 Å². The molecule has 1 aliphatic heterocycles. The van der Waals surface area contributed by atoms with E-state index >= 15 is 0 Å². The Labute approximate surface area is 191 Å². The monoisotopic (exact) mass is 453 g/mol. The van der Waals surface area contributed by atoms with Gasteiger partial charge < -0.3 is 14.8 Å². The van der Waals surface area contributed by atoms with Crippen LogP contribution in [0.2, 0.25) is 0 Å². The molecule has 1 aliphatic rings. The fourth-order valence-corrected chi connectivity index (χ4v) is 4.66. The van der Waals surface area contributed by atoms with Crippen LogP contribution in [-0.2, 0) is 21.8 Å². The van der Waals surface area contributed by atoms with E-state index in [9.17, 15) is 9.59 Å². The lowest BCUT2D eigenvalue weighted by atomic mass is 10.1. The summed E-state index contributed by atoms with van der Waals surface area (Å²) in [7, 11) is 1.59. The number of hydrogen-bond donors (Lipinski definition) is 1. The Hall–Kier alpha value is -2.68. The predicted octanol–water partition coefficient (Wildman–Crippen LogP) is 3.24. The summed E-state index contributed by atoms with van der Waals surface area (Å²) < 4.78 is 12.5. The number of carbonyl (C=O) groups is 1. The molecule has 1 amide bonds. The molecule has 8 heteroatoms. The van der Waals surface area contributed by atoms with Gasteiger partial charge in [-0.05, 0) is 36.6 Å². The highest BCUT2D eigenvalue weighted by Crippen LogP contribution is 2.24. The topological polar surface area (TPSA) is 82.5 Å². The van der Waals surface area contributed by atoms with Gasteiger partial charge in [0.2, 0.25) is 0 Å². The average molecular weight is 454 g/mol. The Morgan fingerprint density at radius 2 is 2.12 bits per heavy atom. The second-order valence-corrected chi connectivity index (χ2v) is 8.64. The molecule has 0 unspecified atom stereocenters. The maximum Gasteiger partial charge on any atom is 0.262 e. The number of methoxy groups -OCH3 is 1. The van der Waals surface area contributed by atoms with Crippen molar-refractivity contribution in [3.05, 3.63) is 70.0 Å². The molecule has 1 atom stereocenters. The van der Waals surface area contributed by atoms with Crippen LogP contribution in [-0.4, -0.2) is 48.4 Å². The first-order valence-electron chi connectivity index (χ1n) is 10.8. The van der Waals surface area contributed by atoms with Gasteiger partial charge in [0.05, 0.1) is 30.2 Å². The summed E-state index contributed by atoms with van der Waals surface area (Å²) in [6.07, 6.45) is 1.97. The molecule has 0 radical (unpaired) electrons. The van der Waals surface area contributed by atoms with Gasteiger partial charge in [-0.25, -0.2) is 4.98 Å². The van der Waals surface area contributed by atoms with E-state index in [-0.39, 0.29) is 17.6 Å². The molecule has 0 aliphatic carbocycles. The van der Waals surface area contributed by atoms with Gasteiger partial charge in [-0.2, -0.15) is 0 Å². The van der Waals surface area contributed by atoms with Crippen LogP contribution in [0.25, 0.3) is 10.9 Å². The summed E-state index contributed by atoms with van der Waals surface area (Å²) in [5, 5.41) is 3.94. The molecule has 168 valence electrons. The van der Waals surface area contributed by atoms with Crippen molar-refractivity contribution in [2.45, 2.75) is 36.4 Å². The molecular weight excluding hydrogens is 426 g/mol. The molecule has 32 heavy (non-hydrogen) atoms. The molecule has 1 fully saturated rings. The minimum Gasteiger partial charge on any atom is -0.383 e. The molecule has 0 bridgehead atoms. The third-order valence-corrected chi connectivity index (χ3v) is 6.44. The number of benzene rings is 2. The summed E-state index contributed by atoms with van der Waals surface area (Å²) in [5.41, 5.74) is 2.04. The second-order valence-electron chi connectivity index (χ2n) is 7.70. The van der Waals surface area contributed by atoms with E-state index in [1.54, 1.807) is 29.9 Å². The molecule has 2 aromatic carbocycles. The maximum absolute atomic E-state index is 13.4. The van der Waals surface area contributed by atoms with E-state index in [0.717, 1.165) is 25.0 Å². The van der Waals surface area contributed by atoms with Crippen LogP contribution in [0.4, 0.5) is 0 Å². The van der Waals surface area contributed by atoms with E-state index in [0.29, 0.717) is 47.1 Å². The van der Waals surface area contributed by atoms with Gasteiger partial charge in [-0.1, -0.05) is 42.1 Å². The number of thioether (sulfide) groups is 1. The van der Waals surface area contributed by atoms with Crippen molar-refractivity contribution in [1.82, 2.24) is 14.9 Å². The summed E-state index contributed by atoms with van der Waals surface area (Å²) in [4.78, 5) is 30.6. The molecule has 1 aromatic heterocycles. The number of amides is 1. The molecule has 1 N–H and O–H groups in total. The molecule has 2 heterocycles. The van der Waals surface area contributed by atoms with E-state index in [4.69, 9.17) is 14.5 Å². The SMILES string of the molecule is COCCNC(=O)c1ccc2c(=O)n(C[C@@H]3CCCO3)c(SCc3ccccc3)nc2c1. The smallest absolute Gasteiger partial charge is 0.262 e. The number of hydrogen-bond acceptors (Lipinski definition) is 6. The Morgan fingerprint density at radius 3 is 2.88 bits per heavy atom. The van der Waals surface area contributed by atoms with Crippen LogP contribution in [0.15, 0.2) is 58.5 Å². The van der Waals surface area contributed by atoms with Crippen molar-refractivity contribution in [1.29, 1.82) is 0 Å². The summed E-state index contributed by atoms with van der Waals surface area (Å²) in [6.45, 7) is 2.07. The summed E-state index contributed by atoms with van der Waals surface area (Å²) in [6, 6.07) is 15.1. The first kappa shape index (κ1) is 22.5. The molecule has 0 saturated carbocycles. The lowest BCUT2D eigenvalue weighted by Crippen LogP contribution is -2.29. The zero-order valence-electron chi connectivity index (χ0n) is 18.1. The highest BCUT2D eigenvalue weighted by Gasteiger charge is 2.21.